The smallest absolute Gasteiger partial charge is 0.289 e. The van der Waals surface area contributed by atoms with Crippen molar-refractivity contribution in [3.63, 3.8) is 0 Å². The molecule has 0 N–H and O–H groups in total. The number of fused-ring (bicyclic) bond motifs is 1. The van der Waals surface area contributed by atoms with Crippen LogP contribution in [-0.4, -0.2) is 47.9 Å². The number of nitrogens with zero attached hydrogens (tertiary/aromatic N) is 3. The molecule has 0 bridgehead atoms. The Balaban J connectivity index is 1.67. The van der Waals surface area contributed by atoms with E-state index in [1.54, 1.807) is 6.07 Å². The van der Waals surface area contributed by atoms with Gasteiger partial charge >= 0.3 is 0 Å². The number of para-hydroxylation sites is 1. The minimum absolute atomic E-state index is 0.0705. The van der Waals surface area contributed by atoms with Gasteiger partial charge in [0.05, 0.1) is 6.07 Å². The number of benzene rings is 1. The summed E-state index contributed by atoms with van der Waals surface area (Å²) < 4.78 is 5.66. The summed E-state index contributed by atoms with van der Waals surface area (Å²) in [5, 5.41) is 10.2. The van der Waals surface area contributed by atoms with E-state index in [9.17, 15) is 10.1 Å². The standard InChI is InChI=1S/C18H21N3O2/c1-13(2)15(12-19)20-7-9-21(10-8-20)18(22)17-11-14-5-3-4-6-16(14)23-17/h3-6,11,13,15H,7-10H2,1-2H3/t15-/m1/s1. The Morgan fingerprint density at radius 1 is 1.22 bits per heavy atom. The van der Waals surface area contributed by atoms with Gasteiger partial charge in [0.2, 0.25) is 0 Å². The highest BCUT2D eigenvalue weighted by atomic mass is 16.3. The lowest BCUT2D eigenvalue weighted by atomic mass is 10.0. The molecule has 1 aromatic carbocycles. The second-order valence-electron chi connectivity index (χ2n) is 6.29. The summed E-state index contributed by atoms with van der Waals surface area (Å²) >= 11 is 0. The molecule has 1 fully saturated rings. The second-order valence-corrected chi connectivity index (χ2v) is 6.29. The van der Waals surface area contributed by atoms with Gasteiger partial charge < -0.3 is 9.32 Å². The Hall–Kier alpha value is -2.32. The highest BCUT2D eigenvalue weighted by molar-refractivity contribution is 5.96. The lowest BCUT2D eigenvalue weighted by Gasteiger charge is -2.37. The maximum Gasteiger partial charge on any atom is 0.289 e. The van der Waals surface area contributed by atoms with Crippen LogP contribution in [-0.2, 0) is 0 Å². The van der Waals surface area contributed by atoms with Gasteiger partial charge in [-0.05, 0) is 18.1 Å². The number of carbonyl (C=O) groups excluding carboxylic acids is 1. The summed E-state index contributed by atoms with van der Waals surface area (Å²) in [6.07, 6.45) is 0. The number of hydrogen-bond acceptors (Lipinski definition) is 4. The SMILES string of the molecule is CC(C)[C@@H](C#N)N1CCN(C(=O)c2cc3ccccc3o2)CC1. The molecule has 2 heterocycles. The molecule has 0 spiro atoms. The highest BCUT2D eigenvalue weighted by Crippen LogP contribution is 2.21. The quantitative estimate of drug-likeness (QED) is 0.874. The van der Waals surface area contributed by atoms with E-state index in [-0.39, 0.29) is 17.9 Å². The van der Waals surface area contributed by atoms with Crippen molar-refractivity contribution in [1.82, 2.24) is 9.80 Å². The zero-order chi connectivity index (χ0) is 16.4. The Morgan fingerprint density at radius 2 is 1.91 bits per heavy atom. The zero-order valence-corrected chi connectivity index (χ0v) is 13.5. The second kappa shape index (κ2) is 6.43. The molecular formula is C18H21N3O2. The molecule has 5 nitrogen and oxygen atoms in total. The molecule has 0 radical (unpaired) electrons. The number of nitriles is 1. The van der Waals surface area contributed by atoms with Gasteiger partial charge in [0.1, 0.15) is 11.6 Å². The molecule has 3 rings (SSSR count). The van der Waals surface area contributed by atoms with Crippen molar-refractivity contribution < 1.29 is 9.21 Å². The van der Waals surface area contributed by atoms with Gasteiger partial charge in [0, 0.05) is 31.6 Å². The van der Waals surface area contributed by atoms with Gasteiger partial charge in [0.15, 0.2) is 5.76 Å². The molecule has 1 atom stereocenters. The van der Waals surface area contributed by atoms with Crippen LogP contribution >= 0.6 is 0 Å². The van der Waals surface area contributed by atoms with E-state index in [1.807, 2.05) is 29.2 Å². The molecule has 2 aromatic rings. The summed E-state index contributed by atoms with van der Waals surface area (Å²) in [6, 6.07) is 11.7. The molecular weight excluding hydrogens is 290 g/mol. The highest BCUT2D eigenvalue weighted by Gasteiger charge is 2.29. The lowest BCUT2D eigenvalue weighted by molar-refractivity contribution is 0.0550. The fraction of sp³-hybridized carbons (Fsp3) is 0.444. The molecule has 1 aliphatic heterocycles. The van der Waals surface area contributed by atoms with Crippen molar-refractivity contribution in [2.24, 2.45) is 5.92 Å². The van der Waals surface area contributed by atoms with Crippen LogP contribution < -0.4 is 0 Å². The van der Waals surface area contributed by atoms with Crippen LogP contribution in [0.1, 0.15) is 24.4 Å². The van der Waals surface area contributed by atoms with Crippen LogP contribution in [0.25, 0.3) is 11.0 Å². The molecule has 1 saturated heterocycles. The molecule has 23 heavy (non-hydrogen) atoms. The lowest BCUT2D eigenvalue weighted by Crippen LogP contribution is -2.52. The molecule has 120 valence electrons. The van der Waals surface area contributed by atoms with E-state index in [1.165, 1.54) is 0 Å². The summed E-state index contributed by atoms with van der Waals surface area (Å²) in [6.45, 7) is 6.81. The van der Waals surface area contributed by atoms with E-state index in [0.29, 0.717) is 18.8 Å². The van der Waals surface area contributed by atoms with Gasteiger partial charge in [-0.2, -0.15) is 5.26 Å². The number of amides is 1. The predicted molar refractivity (Wildman–Crippen MR) is 87.9 cm³/mol. The van der Waals surface area contributed by atoms with Crippen LogP contribution in [0, 0.1) is 17.2 Å². The average Bonchev–Trinajstić information content (AvgIpc) is 2.99. The van der Waals surface area contributed by atoms with Crippen molar-refractivity contribution in [2.75, 3.05) is 26.2 Å². The Kier molecular flexibility index (Phi) is 4.35. The molecule has 0 unspecified atom stereocenters. The maximum atomic E-state index is 12.6. The van der Waals surface area contributed by atoms with Gasteiger partial charge in [-0.3, -0.25) is 9.69 Å². The normalized spacial score (nSPS) is 17.4. The van der Waals surface area contributed by atoms with Crippen molar-refractivity contribution in [1.29, 1.82) is 5.26 Å². The molecule has 1 aliphatic rings. The third-order valence-electron chi connectivity index (χ3n) is 4.39. The van der Waals surface area contributed by atoms with E-state index in [4.69, 9.17) is 4.42 Å². The van der Waals surface area contributed by atoms with Gasteiger partial charge in [-0.15, -0.1) is 0 Å². The zero-order valence-electron chi connectivity index (χ0n) is 13.5. The molecule has 5 heteroatoms. The van der Waals surface area contributed by atoms with Crippen LogP contribution in [0.2, 0.25) is 0 Å². The largest absolute Gasteiger partial charge is 0.451 e. The molecule has 0 saturated carbocycles. The van der Waals surface area contributed by atoms with Gasteiger partial charge in [0.25, 0.3) is 5.91 Å². The van der Waals surface area contributed by atoms with Crippen molar-refractivity contribution in [3.8, 4) is 6.07 Å². The number of piperazine rings is 1. The molecule has 1 amide bonds. The predicted octanol–water partition coefficient (Wildman–Crippen LogP) is 2.74. The monoisotopic (exact) mass is 311 g/mol. The number of carbonyl (C=O) groups is 1. The van der Waals surface area contributed by atoms with Crippen molar-refractivity contribution >= 4 is 16.9 Å². The minimum atomic E-state index is -0.0848. The topological polar surface area (TPSA) is 60.5 Å². The van der Waals surface area contributed by atoms with E-state index in [2.05, 4.69) is 24.8 Å². The van der Waals surface area contributed by atoms with Gasteiger partial charge in [-0.1, -0.05) is 32.0 Å². The first-order valence-corrected chi connectivity index (χ1v) is 8.01. The third kappa shape index (κ3) is 3.08. The summed E-state index contributed by atoms with van der Waals surface area (Å²) in [4.78, 5) is 16.6. The average molecular weight is 311 g/mol. The van der Waals surface area contributed by atoms with Crippen LogP contribution in [0.3, 0.4) is 0 Å². The summed E-state index contributed by atoms with van der Waals surface area (Å²) in [5.74, 6) is 0.608. The van der Waals surface area contributed by atoms with Crippen LogP contribution in [0.5, 0.6) is 0 Å². The number of furan rings is 1. The number of hydrogen-bond donors (Lipinski definition) is 0. The van der Waals surface area contributed by atoms with E-state index < -0.39 is 0 Å². The molecule has 1 aromatic heterocycles. The van der Waals surface area contributed by atoms with Crippen LogP contribution in [0.15, 0.2) is 34.7 Å². The third-order valence-corrected chi connectivity index (χ3v) is 4.39. The molecule has 0 aliphatic carbocycles. The first kappa shape index (κ1) is 15.6. The minimum Gasteiger partial charge on any atom is -0.451 e. The first-order chi connectivity index (χ1) is 11.1. The van der Waals surface area contributed by atoms with E-state index >= 15 is 0 Å². The van der Waals surface area contributed by atoms with Crippen molar-refractivity contribution in [3.05, 3.63) is 36.1 Å². The Morgan fingerprint density at radius 3 is 2.52 bits per heavy atom. The van der Waals surface area contributed by atoms with Gasteiger partial charge in [-0.25, -0.2) is 0 Å². The fourth-order valence-corrected chi connectivity index (χ4v) is 3.10. The summed E-state index contributed by atoms with van der Waals surface area (Å²) in [7, 11) is 0. The Labute approximate surface area is 136 Å². The maximum absolute atomic E-state index is 12.6. The van der Waals surface area contributed by atoms with Crippen molar-refractivity contribution in [2.45, 2.75) is 19.9 Å². The van der Waals surface area contributed by atoms with Crippen LogP contribution in [0.4, 0.5) is 0 Å². The number of rotatable bonds is 3. The first-order valence-electron chi connectivity index (χ1n) is 8.01. The fourth-order valence-electron chi connectivity index (χ4n) is 3.10. The summed E-state index contributed by atoms with van der Waals surface area (Å²) in [5.41, 5.74) is 0.735. The van der Waals surface area contributed by atoms with E-state index in [0.717, 1.165) is 24.1 Å². The Bertz CT molecular complexity index is 703.